The number of carbonyl (C=O) groups is 2. The van der Waals surface area contributed by atoms with Crippen LogP contribution in [0, 0.1) is 0 Å². The lowest BCUT2D eigenvalue weighted by molar-refractivity contribution is -0.136. The molecule has 0 spiro atoms. The first-order valence-electron chi connectivity index (χ1n) is 6.27. The molecule has 2 N–H and O–H groups in total. The minimum atomic E-state index is -0.625. The summed E-state index contributed by atoms with van der Waals surface area (Å²) in [7, 11) is 0. The standard InChI is InChI=1S/C14H20N2O2/c1-4-10(3)15-13(17)14(18)16-12-8-6-11(5-2)7-9-12/h6-10H,4-5H2,1-3H3,(H,15,17)(H,16,18). The molecule has 18 heavy (non-hydrogen) atoms. The van der Waals surface area contributed by atoms with Crippen molar-refractivity contribution in [2.75, 3.05) is 5.32 Å². The first kappa shape index (κ1) is 14.2. The zero-order chi connectivity index (χ0) is 13.5. The molecule has 0 aliphatic rings. The Labute approximate surface area is 108 Å². The van der Waals surface area contributed by atoms with Gasteiger partial charge in [-0.15, -0.1) is 0 Å². The van der Waals surface area contributed by atoms with Gasteiger partial charge in [0.2, 0.25) is 0 Å². The SMILES string of the molecule is CCc1ccc(NC(=O)C(=O)NC(C)CC)cc1. The smallest absolute Gasteiger partial charge is 0.313 e. The summed E-state index contributed by atoms with van der Waals surface area (Å²) in [5.74, 6) is -1.22. The molecule has 98 valence electrons. The van der Waals surface area contributed by atoms with Gasteiger partial charge in [0.15, 0.2) is 0 Å². The molecule has 2 amide bonds. The molecule has 4 heteroatoms. The summed E-state index contributed by atoms with van der Waals surface area (Å²) < 4.78 is 0. The van der Waals surface area contributed by atoms with Crippen LogP contribution < -0.4 is 10.6 Å². The lowest BCUT2D eigenvalue weighted by Gasteiger charge is -2.11. The van der Waals surface area contributed by atoms with Crippen molar-refractivity contribution in [3.8, 4) is 0 Å². The van der Waals surface area contributed by atoms with E-state index in [-0.39, 0.29) is 6.04 Å². The maximum Gasteiger partial charge on any atom is 0.313 e. The summed E-state index contributed by atoms with van der Waals surface area (Å²) >= 11 is 0. The van der Waals surface area contributed by atoms with E-state index in [1.54, 1.807) is 12.1 Å². The van der Waals surface area contributed by atoms with Crippen molar-refractivity contribution >= 4 is 17.5 Å². The highest BCUT2D eigenvalue weighted by molar-refractivity contribution is 6.39. The van der Waals surface area contributed by atoms with Gasteiger partial charge in [0.1, 0.15) is 0 Å². The maximum absolute atomic E-state index is 11.6. The molecule has 0 fully saturated rings. The number of hydrogen-bond acceptors (Lipinski definition) is 2. The topological polar surface area (TPSA) is 58.2 Å². The van der Waals surface area contributed by atoms with Crippen molar-refractivity contribution < 1.29 is 9.59 Å². The van der Waals surface area contributed by atoms with Gasteiger partial charge >= 0.3 is 11.8 Å². The molecule has 0 saturated heterocycles. The first-order chi connectivity index (χ1) is 8.56. The lowest BCUT2D eigenvalue weighted by Crippen LogP contribution is -2.40. The highest BCUT2D eigenvalue weighted by atomic mass is 16.2. The van der Waals surface area contributed by atoms with E-state index in [0.717, 1.165) is 12.8 Å². The molecule has 0 saturated carbocycles. The maximum atomic E-state index is 11.6. The molecule has 0 bridgehead atoms. The number of carbonyl (C=O) groups excluding carboxylic acids is 2. The van der Waals surface area contributed by atoms with Crippen molar-refractivity contribution in [3.63, 3.8) is 0 Å². The fourth-order valence-corrected chi connectivity index (χ4v) is 1.40. The molecule has 1 rings (SSSR count). The second-order valence-corrected chi connectivity index (χ2v) is 4.29. The van der Waals surface area contributed by atoms with Crippen molar-refractivity contribution in [2.24, 2.45) is 0 Å². The number of aryl methyl sites for hydroxylation is 1. The van der Waals surface area contributed by atoms with E-state index in [1.165, 1.54) is 5.56 Å². The Kier molecular flexibility index (Phi) is 5.36. The largest absolute Gasteiger partial charge is 0.345 e. The Morgan fingerprint density at radius 3 is 2.22 bits per heavy atom. The van der Waals surface area contributed by atoms with Crippen molar-refractivity contribution in [1.29, 1.82) is 0 Å². The second-order valence-electron chi connectivity index (χ2n) is 4.29. The van der Waals surface area contributed by atoms with E-state index >= 15 is 0 Å². The van der Waals surface area contributed by atoms with Gasteiger partial charge in [0.05, 0.1) is 0 Å². The Morgan fingerprint density at radius 1 is 1.11 bits per heavy atom. The minimum absolute atomic E-state index is 0.00529. The van der Waals surface area contributed by atoms with Gasteiger partial charge in [-0.05, 0) is 37.5 Å². The molecule has 4 nitrogen and oxygen atoms in total. The van der Waals surface area contributed by atoms with E-state index in [1.807, 2.05) is 26.0 Å². The Morgan fingerprint density at radius 2 is 1.72 bits per heavy atom. The molecular weight excluding hydrogens is 228 g/mol. The number of rotatable bonds is 4. The zero-order valence-corrected chi connectivity index (χ0v) is 11.1. The summed E-state index contributed by atoms with van der Waals surface area (Å²) in [4.78, 5) is 23.1. The molecule has 0 radical (unpaired) electrons. The Balaban J connectivity index is 2.55. The van der Waals surface area contributed by atoms with E-state index in [2.05, 4.69) is 17.6 Å². The van der Waals surface area contributed by atoms with Crippen LogP contribution in [-0.4, -0.2) is 17.9 Å². The van der Waals surface area contributed by atoms with Crippen molar-refractivity contribution in [2.45, 2.75) is 39.7 Å². The van der Waals surface area contributed by atoms with Crippen LogP contribution in [0.4, 0.5) is 5.69 Å². The van der Waals surface area contributed by atoms with Crippen LogP contribution in [0.2, 0.25) is 0 Å². The van der Waals surface area contributed by atoms with Gasteiger partial charge in [-0.25, -0.2) is 0 Å². The Bertz CT molecular complexity index is 412. The monoisotopic (exact) mass is 248 g/mol. The van der Waals surface area contributed by atoms with E-state index in [9.17, 15) is 9.59 Å². The minimum Gasteiger partial charge on any atom is -0.345 e. The molecule has 0 heterocycles. The van der Waals surface area contributed by atoms with E-state index < -0.39 is 11.8 Å². The van der Waals surface area contributed by atoms with Crippen LogP contribution in [0.3, 0.4) is 0 Å². The van der Waals surface area contributed by atoms with Crippen LogP contribution in [0.5, 0.6) is 0 Å². The number of anilines is 1. The lowest BCUT2D eigenvalue weighted by atomic mass is 10.1. The summed E-state index contributed by atoms with van der Waals surface area (Å²) in [6.45, 7) is 5.88. The molecule has 0 aliphatic carbocycles. The molecular formula is C14H20N2O2. The number of benzene rings is 1. The third-order valence-corrected chi connectivity index (χ3v) is 2.82. The fourth-order valence-electron chi connectivity index (χ4n) is 1.40. The van der Waals surface area contributed by atoms with E-state index in [4.69, 9.17) is 0 Å². The summed E-state index contributed by atoms with van der Waals surface area (Å²) in [5.41, 5.74) is 1.83. The van der Waals surface area contributed by atoms with Gasteiger partial charge in [-0.3, -0.25) is 9.59 Å². The van der Waals surface area contributed by atoms with E-state index in [0.29, 0.717) is 5.69 Å². The van der Waals surface area contributed by atoms with Crippen LogP contribution in [0.1, 0.15) is 32.8 Å². The predicted molar refractivity (Wildman–Crippen MR) is 72.3 cm³/mol. The molecule has 1 aromatic rings. The van der Waals surface area contributed by atoms with Gasteiger partial charge < -0.3 is 10.6 Å². The normalized spacial score (nSPS) is 11.7. The molecule has 1 unspecified atom stereocenters. The first-order valence-corrected chi connectivity index (χ1v) is 6.27. The predicted octanol–water partition coefficient (Wildman–Crippen LogP) is 2.10. The summed E-state index contributed by atoms with van der Waals surface area (Å²) in [6.07, 6.45) is 1.74. The third kappa shape index (κ3) is 4.20. The second kappa shape index (κ2) is 6.79. The van der Waals surface area contributed by atoms with Crippen LogP contribution in [0.25, 0.3) is 0 Å². The van der Waals surface area contributed by atoms with Crippen molar-refractivity contribution in [1.82, 2.24) is 5.32 Å². The average Bonchev–Trinajstić information content (AvgIpc) is 2.39. The van der Waals surface area contributed by atoms with Crippen LogP contribution in [-0.2, 0) is 16.0 Å². The summed E-state index contributed by atoms with van der Waals surface area (Å²) in [5, 5.41) is 5.19. The highest BCUT2D eigenvalue weighted by Crippen LogP contribution is 2.09. The van der Waals surface area contributed by atoms with Crippen molar-refractivity contribution in [3.05, 3.63) is 29.8 Å². The van der Waals surface area contributed by atoms with Gasteiger partial charge in [0.25, 0.3) is 0 Å². The summed E-state index contributed by atoms with van der Waals surface area (Å²) in [6, 6.07) is 7.47. The zero-order valence-electron chi connectivity index (χ0n) is 11.1. The van der Waals surface area contributed by atoms with Crippen LogP contribution >= 0.6 is 0 Å². The number of nitrogens with one attached hydrogen (secondary N) is 2. The van der Waals surface area contributed by atoms with Gasteiger partial charge in [-0.2, -0.15) is 0 Å². The number of amides is 2. The molecule has 1 atom stereocenters. The highest BCUT2D eigenvalue weighted by Gasteiger charge is 2.15. The van der Waals surface area contributed by atoms with Gasteiger partial charge in [-0.1, -0.05) is 26.0 Å². The quantitative estimate of drug-likeness (QED) is 0.802. The van der Waals surface area contributed by atoms with Crippen LogP contribution in [0.15, 0.2) is 24.3 Å². The van der Waals surface area contributed by atoms with Gasteiger partial charge in [0, 0.05) is 11.7 Å². The molecule has 0 aliphatic heterocycles. The third-order valence-electron chi connectivity index (χ3n) is 2.82. The average molecular weight is 248 g/mol. The number of hydrogen-bond donors (Lipinski definition) is 2. The molecule has 1 aromatic carbocycles. The Hall–Kier alpha value is -1.84. The fraction of sp³-hybridized carbons (Fsp3) is 0.429. The molecule has 0 aromatic heterocycles.